The van der Waals surface area contributed by atoms with Gasteiger partial charge in [0.2, 0.25) is 0 Å². The van der Waals surface area contributed by atoms with Crippen molar-refractivity contribution < 1.29 is 14.6 Å². The molecule has 1 N–H and O–H groups in total. The number of esters is 1. The highest BCUT2D eigenvalue weighted by molar-refractivity contribution is 5.72. The summed E-state index contributed by atoms with van der Waals surface area (Å²) in [4.78, 5) is 12.2. The Morgan fingerprint density at radius 2 is 1.79 bits per heavy atom. The summed E-state index contributed by atoms with van der Waals surface area (Å²) in [5, 5.41) is 10.3. The molecule has 0 aromatic rings. The summed E-state index contributed by atoms with van der Waals surface area (Å²) in [5.74, 6) is 0.600. The average molecular weight is 268 g/mol. The molecule has 0 saturated heterocycles. The number of hydrogen-bond donors (Lipinski definition) is 1. The van der Waals surface area contributed by atoms with Crippen LogP contribution in [0, 0.1) is 11.8 Å². The van der Waals surface area contributed by atoms with Gasteiger partial charge in [0, 0.05) is 6.42 Å². The first-order chi connectivity index (χ1) is 8.96. The smallest absolute Gasteiger partial charge is 0.309 e. The Morgan fingerprint density at radius 3 is 2.47 bits per heavy atom. The lowest BCUT2D eigenvalue weighted by atomic mass is 9.89. The molecule has 3 atom stereocenters. The summed E-state index contributed by atoms with van der Waals surface area (Å²) >= 11 is 0. The maximum atomic E-state index is 12.2. The minimum atomic E-state index is -0.687. The number of aliphatic hydroxyl groups is 1. The molecule has 0 amide bonds. The van der Waals surface area contributed by atoms with E-state index in [9.17, 15) is 9.90 Å². The van der Waals surface area contributed by atoms with Crippen LogP contribution in [0.1, 0.15) is 71.6 Å². The third kappa shape index (κ3) is 4.48. The number of hydrogen-bond acceptors (Lipinski definition) is 3. The van der Waals surface area contributed by atoms with Crippen LogP contribution in [0.15, 0.2) is 0 Å². The molecule has 2 saturated carbocycles. The summed E-state index contributed by atoms with van der Waals surface area (Å²) in [7, 11) is 0. The van der Waals surface area contributed by atoms with Crippen molar-refractivity contribution in [2.45, 2.75) is 83.3 Å². The van der Waals surface area contributed by atoms with Crippen LogP contribution in [0.25, 0.3) is 0 Å². The fourth-order valence-corrected chi connectivity index (χ4v) is 3.70. The zero-order valence-electron chi connectivity index (χ0n) is 12.4. The van der Waals surface area contributed by atoms with E-state index in [1.165, 1.54) is 6.42 Å². The van der Waals surface area contributed by atoms with Crippen LogP contribution in [-0.2, 0) is 9.53 Å². The molecule has 0 aliphatic heterocycles. The van der Waals surface area contributed by atoms with Crippen molar-refractivity contribution in [2.75, 3.05) is 0 Å². The Balaban J connectivity index is 1.88. The van der Waals surface area contributed by atoms with Gasteiger partial charge in [-0.25, -0.2) is 0 Å². The Labute approximate surface area is 116 Å². The summed E-state index contributed by atoms with van der Waals surface area (Å²) in [6, 6.07) is 0. The molecule has 3 heteroatoms. The van der Waals surface area contributed by atoms with E-state index in [-0.39, 0.29) is 18.0 Å². The van der Waals surface area contributed by atoms with Crippen LogP contribution >= 0.6 is 0 Å². The Bertz CT molecular complexity index is 305. The standard InChI is InChI=1S/C16H28O3/c1-12-8-9-14(11-16(2,18)10-12)19-15(17)13-6-4-3-5-7-13/h12-14,18H,3-11H2,1-2H3. The first-order valence-corrected chi connectivity index (χ1v) is 7.89. The third-order valence-corrected chi connectivity index (χ3v) is 4.66. The van der Waals surface area contributed by atoms with Crippen LogP contribution in [0.4, 0.5) is 0 Å². The minimum absolute atomic E-state index is 0.0185. The molecule has 0 bridgehead atoms. The Kier molecular flexibility index (Phi) is 4.88. The fraction of sp³-hybridized carbons (Fsp3) is 0.938. The minimum Gasteiger partial charge on any atom is -0.462 e. The zero-order valence-corrected chi connectivity index (χ0v) is 12.4. The molecule has 2 rings (SSSR count). The Morgan fingerprint density at radius 1 is 1.11 bits per heavy atom. The summed E-state index contributed by atoms with van der Waals surface area (Å²) in [5.41, 5.74) is -0.687. The lowest BCUT2D eigenvalue weighted by Gasteiger charge is -2.28. The second-order valence-corrected chi connectivity index (χ2v) is 6.98. The molecule has 2 aliphatic carbocycles. The first-order valence-electron chi connectivity index (χ1n) is 7.89. The van der Waals surface area contributed by atoms with Crippen LogP contribution in [0.3, 0.4) is 0 Å². The zero-order chi connectivity index (χ0) is 13.9. The van der Waals surface area contributed by atoms with E-state index in [2.05, 4.69) is 6.92 Å². The largest absolute Gasteiger partial charge is 0.462 e. The number of carbonyl (C=O) groups excluding carboxylic acids is 1. The topological polar surface area (TPSA) is 46.5 Å². The summed E-state index contributed by atoms with van der Waals surface area (Å²) in [6.45, 7) is 4.04. The molecular formula is C16H28O3. The second-order valence-electron chi connectivity index (χ2n) is 6.98. The maximum Gasteiger partial charge on any atom is 0.309 e. The van der Waals surface area contributed by atoms with Crippen molar-refractivity contribution in [1.82, 2.24) is 0 Å². The van der Waals surface area contributed by atoms with Gasteiger partial charge in [0.25, 0.3) is 0 Å². The predicted octanol–water partition coefficient (Wildman–Crippen LogP) is 3.44. The van der Waals surface area contributed by atoms with Gasteiger partial charge in [-0.1, -0.05) is 26.2 Å². The van der Waals surface area contributed by atoms with Crippen molar-refractivity contribution in [3.05, 3.63) is 0 Å². The van der Waals surface area contributed by atoms with Gasteiger partial charge in [-0.2, -0.15) is 0 Å². The van der Waals surface area contributed by atoms with Gasteiger partial charge >= 0.3 is 5.97 Å². The number of ether oxygens (including phenoxy) is 1. The van der Waals surface area contributed by atoms with Gasteiger partial charge in [-0.05, 0) is 44.9 Å². The van der Waals surface area contributed by atoms with Crippen LogP contribution in [0.2, 0.25) is 0 Å². The molecule has 0 aromatic carbocycles. The molecule has 19 heavy (non-hydrogen) atoms. The van der Waals surface area contributed by atoms with Gasteiger partial charge in [0.05, 0.1) is 11.5 Å². The van der Waals surface area contributed by atoms with Crippen molar-refractivity contribution in [3.8, 4) is 0 Å². The number of carbonyl (C=O) groups is 1. The molecule has 2 aliphatic rings. The van der Waals surface area contributed by atoms with E-state index in [1.807, 2.05) is 6.92 Å². The van der Waals surface area contributed by atoms with Gasteiger partial charge in [-0.15, -0.1) is 0 Å². The number of rotatable bonds is 2. The third-order valence-electron chi connectivity index (χ3n) is 4.66. The molecule has 0 aromatic heterocycles. The van der Waals surface area contributed by atoms with Gasteiger partial charge in [0.1, 0.15) is 6.10 Å². The van der Waals surface area contributed by atoms with Crippen LogP contribution in [0.5, 0.6) is 0 Å². The fourth-order valence-electron chi connectivity index (χ4n) is 3.70. The Hall–Kier alpha value is -0.570. The van der Waals surface area contributed by atoms with Gasteiger partial charge in [0.15, 0.2) is 0 Å². The molecule has 3 unspecified atom stereocenters. The monoisotopic (exact) mass is 268 g/mol. The van der Waals surface area contributed by atoms with Gasteiger partial charge < -0.3 is 9.84 Å². The summed E-state index contributed by atoms with van der Waals surface area (Å²) < 4.78 is 5.70. The van der Waals surface area contributed by atoms with E-state index < -0.39 is 5.60 Å². The molecule has 0 heterocycles. The SMILES string of the molecule is CC1CCC(OC(=O)C2CCCCC2)CC(C)(O)C1. The highest BCUT2D eigenvalue weighted by atomic mass is 16.5. The quantitative estimate of drug-likeness (QED) is 0.616. The second kappa shape index (κ2) is 6.25. The van der Waals surface area contributed by atoms with Crippen molar-refractivity contribution >= 4 is 5.97 Å². The molecule has 0 spiro atoms. The summed E-state index contributed by atoms with van der Waals surface area (Å²) in [6.07, 6.45) is 8.78. The van der Waals surface area contributed by atoms with Crippen molar-refractivity contribution in [2.24, 2.45) is 11.8 Å². The average Bonchev–Trinajstić information content (AvgIpc) is 2.48. The van der Waals surface area contributed by atoms with Gasteiger partial charge in [-0.3, -0.25) is 4.79 Å². The lowest BCUT2D eigenvalue weighted by Crippen LogP contribution is -2.33. The highest BCUT2D eigenvalue weighted by Gasteiger charge is 2.34. The molecule has 110 valence electrons. The normalized spacial score (nSPS) is 37.6. The van der Waals surface area contributed by atoms with Crippen molar-refractivity contribution in [3.63, 3.8) is 0 Å². The maximum absolute atomic E-state index is 12.2. The molecule has 3 nitrogen and oxygen atoms in total. The predicted molar refractivity (Wildman–Crippen MR) is 74.7 cm³/mol. The van der Waals surface area contributed by atoms with Crippen LogP contribution in [-0.4, -0.2) is 22.8 Å². The van der Waals surface area contributed by atoms with E-state index in [0.717, 1.165) is 44.9 Å². The van der Waals surface area contributed by atoms with E-state index >= 15 is 0 Å². The molecule has 2 fully saturated rings. The highest BCUT2D eigenvalue weighted by Crippen LogP contribution is 2.33. The molecular weight excluding hydrogens is 240 g/mol. The van der Waals surface area contributed by atoms with Crippen molar-refractivity contribution in [1.29, 1.82) is 0 Å². The molecule has 0 radical (unpaired) electrons. The van der Waals surface area contributed by atoms with Crippen LogP contribution < -0.4 is 0 Å². The van der Waals surface area contributed by atoms with E-state index in [1.54, 1.807) is 0 Å². The first kappa shape index (κ1) is 14.8. The van der Waals surface area contributed by atoms with E-state index in [0.29, 0.717) is 12.3 Å². The van der Waals surface area contributed by atoms with E-state index in [4.69, 9.17) is 4.74 Å². The lowest BCUT2D eigenvalue weighted by molar-refractivity contribution is -0.157.